The van der Waals surface area contributed by atoms with Crippen molar-refractivity contribution >= 4 is 11.3 Å². The summed E-state index contributed by atoms with van der Waals surface area (Å²) in [6.07, 6.45) is 0.603. The highest BCUT2D eigenvalue weighted by Crippen LogP contribution is 2.33. The Kier molecular flexibility index (Phi) is 3.21. The van der Waals surface area contributed by atoms with E-state index in [1.54, 1.807) is 18.6 Å². The zero-order chi connectivity index (χ0) is 11.5. The summed E-state index contributed by atoms with van der Waals surface area (Å²) >= 11 is 1.36. The number of thiophene rings is 1. The lowest BCUT2D eigenvalue weighted by atomic mass is 10.2. The van der Waals surface area contributed by atoms with Crippen LogP contribution in [0.5, 0.6) is 5.75 Å². The maximum Gasteiger partial charge on any atom is 0.271 e. The summed E-state index contributed by atoms with van der Waals surface area (Å²) in [4.78, 5) is 4.79. The lowest BCUT2D eigenvalue weighted by Gasteiger charge is -2.05. The van der Waals surface area contributed by atoms with Gasteiger partial charge in [-0.3, -0.25) is 0 Å². The highest BCUT2D eigenvalue weighted by Gasteiger charge is 2.19. The van der Waals surface area contributed by atoms with Crippen LogP contribution in [0.1, 0.15) is 25.3 Å². The predicted molar refractivity (Wildman–Crippen MR) is 59.3 cm³/mol. The summed E-state index contributed by atoms with van der Waals surface area (Å²) in [6.45, 7) is 1.98. The van der Waals surface area contributed by atoms with Gasteiger partial charge in [0, 0.05) is 7.11 Å². The zero-order valence-corrected chi connectivity index (χ0v) is 9.82. The number of aromatic nitrogens is 2. The third-order valence-corrected chi connectivity index (χ3v) is 3.12. The van der Waals surface area contributed by atoms with Gasteiger partial charge in [0.1, 0.15) is 16.7 Å². The molecule has 0 fully saturated rings. The minimum absolute atomic E-state index is 0.158. The van der Waals surface area contributed by atoms with Crippen LogP contribution in [0.4, 0.5) is 0 Å². The molecule has 1 atom stereocenters. The quantitative estimate of drug-likeness (QED) is 0.889. The maximum absolute atomic E-state index is 9.52. The Morgan fingerprint density at radius 3 is 3.00 bits per heavy atom. The van der Waals surface area contributed by atoms with Crippen molar-refractivity contribution in [2.75, 3.05) is 7.11 Å². The Balaban J connectivity index is 2.29. The topological polar surface area (TPSA) is 68.4 Å². The second-order valence-electron chi connectivity index (χ2n) is 3.23. The maximum atomic E-state index is 9.52. The lowest BCUT2D eigenvalue weighted by Crippen LogP contribution is -2.01. The van der Waals surface area contributed by atoms with E-state index in [1.165, 1.54) is 11.3 Å². The van der Waals surface area contributed by atoms with Gasteiger partial charge in [-0.15, -0.1) is 11.3 Å². The molecule has 0 amide bonds. The number of nitrogens with zero attached hydrogens (tertiary/aromatic N) is 2. The first-order chi connectivity index (χ1) is 7.76. The normalized spacial score (nSPS) is 12.9. The van der Waals surface area contributed by atoms with Gasteiger partial charge in [-0.2, -0.15) is 4.98 Å². The van der Waals surface area contributed by atoms with E-state index in [0.717, 1.165) is 6.42 Å². The second kappa shape index (κ2) is 4.63. The van der Waals surface area contributed by atoms with Crippen molar-refractivity contribution in [3.63, 3.8) is 0 Å². The molecule has 5 nitrogen and oxygen atoms in total. The second-order valence-corrected chi connectivity index (χ2v) is 4.14. The van der Waals surface area contributed by atoms with Crippen LogP contribution in [0.3, 0.4) is 0 Å². The summed E-state index contributed by atoms with van der Waals surface area (Å²) in [5, 5.41) is 15.1. The Morgan fingerprint density at radius 1 is 1.62 bits per heavy atom. The van der Waals surface area contributed by atoms with Crippen LogP contribution < -0.4 is 0 Å². The van der Waals surface area contributed by atoms with E-state index in [0.29, 0.717) is 16.6 Å². The molecule has 2 aromatic heterocycles. The number of methoxy groups -OCH3 is 1. The molecule has 16 heavy (non-hydrogen) atoms. The third kappa shape index (κ3) is 1.94. The van der Waals surface area contributed by atoms with Gasteiger partial charge >= 0.3 is 0 Å². The average Bonchev–Trinajstić information content (AvgIpc) is 2.89. The van der Waals surface area contributed by atoms with Crippen LogP contribution in [-0.4, -0.2) is 22.4 Å². The number of hydrogen-bond donors (Lipinski definition) is 1. The monoisotopic (exact) mass is 240 g/mol. The van der Waals surface area contributed by atoms with Crippen LogP contribution >= 0.6 is 11.3 Å². The first-order valence-corrected chi connectivity index (χ1v) is 5.77. The molecule has 0 saturated carbocycles. The fraction of sp³-hybridized carbons (Fsp3) is 0.400. The van der Waals surface area contributed by atoms with E-state index in [-0.39, 0.29) is 11.9 Å². The van der Waals surface area contributed by atoms with Crippen molar-refractivity contribution in [1.82, 2.24) is 10.1 Å². The molecule has 2 aromatic rings. The molecule has 2 rings (SSSR count). The highest BCUT2D eigenvalue weighted by molar-refractivity contribution is 7.13. The molecule has 0 radical (unpaired) electrons. The average molecular weight is 240 g/mol. The molecule has 2 heterocycles. The molecule has 1 N–H and O–H groups in total. The molecule has 0 aliphatic carbocycles. The molecule has 0 aromatic carbocycles. The summed E-state index contributed by atoms with van der Waals surface area (Å²) in [7, 11) is 1.60. The van der Waals surface area contributed by atoms with E-state index in [4.69, 9.17) is 9.26 Å². The zero-order valence-electron chi connectivity index (χ0n) is 9.01. The summed E-state index contributed by atoms with van der Waals surface area (Å²) in [5.74, 6) is 0.997. The van der Waals surface area contributed by atoms with Gasteiger partial charge in [0.25, 0.3) is 5.89 Å². The fourth-order valence-electron chi connectivity index (χ4n) is 1.38. The number of aromatic hydroxyl groups is 1. The summed E-state index contributed by atoms with van der Waals surface area (Å²) in [5.41, 5.74) is 0. The van der Waals surface area contributed by atoms with E-state index < -0.39 is 0 Å². The highest BCUT2D eigenvalue weighted by atomic mass is 32.1. The van der Waals surface area contributed by atoms with Crippen LogP contribution in [0, 0.1) is 0 Å². The van der Waals surface area contributed by atoms with Gasteiger partial charge in [0.05, 0.1) is 0 Å². The molecule has 0 saturated heterocycles. The summed E-state index contributed by atoms with van der Waals surface area (Å²) < 4.78 is 10.3. The lowest BCUT2D eigenvalue weighted by molar-refractivity contribution is 0.0903. The van der Waals surface area contributed by atoms with Gasteiger partial charge in [0.15, 0.2) is 0 Å². The molecule has 1 unspecified atom stereocenters. The number of hydrogen-bond acceptors (Lipinski definition) is 6. The summed E-state index contributed by atoms with van der Waals surface area (Å²) in [6, 6.07) is 1.59. The molecular weight excluding hydrogens is 228 g/mol. The first-order valence-electron chi connectivity index (χ1n) is 4.89. The molecular formula is C10H12N2O3S. The minimum Gasteiger partial charge on any atom is -0.506 e. The van der Waals surface area contributed by atoms with Crippen LogP contribution in [0.25, 0.3) is 10.8 Å². The van der Waals surface area contributed by atoms with Crippen molar-refractivity contribution < 1.29 is 14.4 Å². The van der Waals surface area contributed by atoms with E-state index >= 15 is 0 Å². The van der Waals surface area contributed by atoms with E-state index in [2.05, 4.69) is 10.1 Å². The van der Waals surface area contributed by atoms with Crippen molar-refractivity contribution in [1.29, 1.82) is 0 Å². The molecule has 0 aliphatic rings. The van der Waals surface area contributed by atoms with Crippen molar-refractivity contribution in [3.05, 3.63) is 17.3 Å². The SMILES string of the molecule is CCC(OC)c1noc(-c2sccc2O)n1. The van der Waals surface area contributed by atoms with E-state index in [9.17, 15) is 5.11 Å². The Hall–Kier alpha value is -1.40. The Bertz CT molecular complexity index is 462. The van der Waals surface area contributed by atoms with Gasteiger partial charge < -0.3 is 14.4 Å². The van der Waals surface area contributed by atoms with Crippen LogP contribution in [-0.2, 0) is 4.74 Å². The van der Waals surface area contributed by atoms with Crippen molar-refractivity contribution in [2.45, 2.75) is 19.4 Å². The number of rotatable bonds is 4. The van der Waals surface area contributed by atoms with Crippen LogP contribution in [0.2, 0.25) is 0 Å². The minimum atomic E-state index is -0.167. The van der Waals surface area contributed by atoms with Gasteiger partial charge in [0.2, 0.25) is 5.82 Å². The van der Waals surface area contributed by atoms with Crippen molar-refractivity contribution in [3.8, 4) is 16.5 Å². The predicted octanol–water partition coefficient (Wildman–Crippen LogP) is 2.60. The molecule has 0 aliphatic heterocycles. The first kappa shape index (κ1) is 11.1. The smallest absolute Gasteiger partial charge is 0.271 e. The van der Waals surface area contributed by atoms with Gasteiger partial charge in [-0.1, -0.05) is 12.1 Å². The van der Waals surface area contributed by atoms with Gasteiger partial charge in [-0.25, -0.2) is 0 Å². The molecule has 6 heteroatoms. The van der Waals surface area contributed by atoms with Crippen molar-refractivity contribution in [2.24, 2.45) is 0 Å². The fourth-order valence-corrected chi connectivity index (χ4v) is 2.08. The third-order valence-electron chi connectivity index (χ3n) is 2.22. The standard InChI is InChI=1S/C10H12N2O3S/c1-3-7(14-2)9-11-10(15-12-9)8-6(13)4-5-16-8/h4-5,7,13H,3H2,1-2H3. The molecule has 0 spiro atoms. The molecule has 0 bridgehead atoms. The van der Waals surface area contributed by atoms with E-state index in [1.807, 2.05) is 6.92 Å². The Morgan fingerprint density at radius 2 is 2.44 bits per heavy atom. The Labute approximate surface area is 96.7 Å². The van der Waals surface area contributed by atoms with Crippen LogP contribution in [0.15, 0.2) is 16.0 Å². The molecule has 86 valence electrons. The van der Waals surface area contributed by atoms with Gasteiger partial charge in [-0.05, 0) is 17.9 Å². The largest absolute Gasteiger partial charge is 0.506 e. The number of ether oxygens (including phenoxy) is 1.